The Hall–Kier alpha value is -1.06. The Morgan fingerprint density at radius 3 is 2.42 bits per heavy atom. The Labute approximate surface area is 71.9 Å². The van der Waals surface area contributed by atoms with Crippen molar-refractivity contribution in [2.24, 2.45) is 5.92 Å². The van der Waals surface area contributed by atoms with Crippen molar-refractivity contribution in [3.63, 3.8) is 0 Å². The molecular weight excluding hydrogens is 156 g/mol. The fourth-order valence-electron chi connectivity index (χ4n) is 0.811. The zero-order valence-electron chi connectivity index (χ0n) is 7.46. The Kier molecular flexibility index (Phi) is 2.68. The van der Waals surface area contributed by atoms with E-state index >= 15 is 0 Å². The van der Waals surface area contributed by atoms with Gasteiger partial charge in [-0.3, -0.25) is 9.59 Å². The molecule has 0 radical (unpaired) electrons. The summed E-state index contributed by atoms with van der Waals surface area (Å²) in [7, 11) is 3.34. The maximum Gasteiger partial charge on any atom is 0.241 e. The summed E-state index contributed by atoms with van der Waals surface area (Å²) in [4.78, 5) is 23.5. The van der Waals surface area contributed by atoms with Gasteiger partial charge in [0.05, 0.1) is 6.54 Å². The summed E-state index contributed by atoms with van der Waals surface area (Å²) < 4.78 is 0. The first kappa shape index (κ1) is 9.03. The number of rotatable bonds is 3. The summed E-state index contributed by atoms with van der Waals surface area (Å²) in [5, 5.41) is 2.60. The molecule has 1 N–H and O–H groups in total. The predicted octanol–water partition coefficient (Wildman–Crippen LogP) is -0.399. The number of amides is 2. The lowest BCUT2D eigenvalue weighted by atomic mass is 10.4. The van der Waals surface area contributed by atoms with Gasteiger partial charge in [0, 0.05) is 20.0 Å². The average Bonchev–Trinajstić information content (AvgIpc) is 2.81. The molecule has 1 fully saturated rings. The van der Waals surface area contributed by atoms with Crippen LogP contribution >= 0.6 is 0 Å². The predicted molar refractivity (Wildman–Crippen MR) is 44.4 cm³/mol. The first-order valence-electron chi connectivity index (χ1n) is 4.09. The Balaban J connectivity index is 2.15. The standard InChI is InChI=1S/C8H14N2O2/c1-10(2)7(11)5-9-8(12)6-3-4-6/h6H,3-5H2,1-2H3,(H,9,12). The van der Waals surface area contributed by atoms with Crippen LogP contribution in [0, 0.1) is 5.92 Å². The molecule has 0 aliphatic heterocycles. The van der Waals surface area contributed by atoms with E-state index in [1.54, 1.807) is 14.1 Å². The maximum atomic E-state index is 11.1. The summed E-state index contributed by atoms with van der Waals surface area (Å²) >= 11 is 0. The molecule has 0 heterocycles. The summed E-state index contributed by atoms with van der Waals surface area (Å²) in [5.41, 5.74) is 0. The quantitative estimate of drug-likeness (QED) is 0.626. The van der Waals surface area contributed by atoms with Gasteiger partial charge in [-0.2, -0.15) is 0 Å². The van der Waals surface area contributed by atoms with Crippen molar-refractivity contribution in [1.82, 2.24) is 10.2 Å². The third-order valence-electron chi connectivity index (χ3n) is 1.86. The highest BCUT2D eigenvalue weighted by Crippen LogP contribution is 2.28. The largest absolute Gasteiger partial charge is 0.347 e. The highest BCUT2D eigenvalue weighted by molar-refractivity contribution is 5.86. The van der Waals surface area contributed by atoms with Gasteiger partial charge in [-0.15, -0.1) is 0 Å². The van der Waals surface area contributed by atoms with E-state index in [0.717, 1.165) is 12.8 Å². The topological polar surface area (TPSA) is 49.4 Å². The van der Waals surface area contributed by atoms with E-state index in [2.05, 4.69) is 5.32 Å². The van der Waals surface area contributed by atoms with Crippen molar-refractivity contribution in [2.45, 2.75) is 12.8 Å². The van der Waals surface area contributed by atoms with Crippen LogP contribution in [0.4, 0.5) is 0 Å². The number of nitrogens with zero attached hydrogens (tertiary/aromatic N) is 1. The van der Waals surface area contributed by atoms with Crippen LogP contribution < -0.4 is 5.32 Å². The van der Waals surface area contributed by atoms with Crippen LogP contribution in [0.5, 0.6) is 0 Å². The number of hydrogen-bond acceptors (Lipinski definition) is 2. The first-order chi connectivity index (χ1) is 5.61. The SMILES string of the molecule is CN(C)C(=O)CNC(=O)C1CC1. The molecule has 0 spiro atoms. The van der Waals surface area contributed by atoms with Crippen LogP contribution in [0.15, 0.2) is 0 Å². The molecule has 4 nitrogen and oxygen atoms in total. The number of likely N-dealkylation sites (N-methyl/N-ethyl adjacent to an activating group) is 1. The van der Waals surface area contributed by atoms with E-state index in [1.165, 1.54) is 4.90 Å². The van der Waals surface area contributed by atoms with E-state index in [1.807, 2.05) is 0 Å². The zero-order valence-corrected chi connectivity index (χ0v) is 7.46. The first-order valence-corrected chi connectivity index (χ1v) is 4.09. The molecule has 0 aromatic carbocycles. The van der Waals surface area contributed by atoms with Crippen molar-refractivity contribution in [3.8, 4) is 0 Å². The van der Waals surface area contributed by atoms with Crippen molar-refractivity contribution in [2.75, 3.05) is 20.6 Å². The van der Waals surface area contributed by atoms with Crippen LogP contribution in [-0.4, -0.2) is 37.4 Å². The molecule has 2 amide bonds. The molecule has 0 aromatic rings. The van der Waals surface area contributed by atoms with E-state index in [-0.39, 0.29) is 24.3 Å². The lowest BCUT2D eigenvalue weighted by Crippen LogP contribution is -2.36. The molecular formula is C8H14N2O2. The van der Waals surface area contributed by atoms with Crippen molar-refractivity contribution >= 4 is 11.8 Å². The summed E-state index contributed by atoms with van der Waals surface area (Å²) in [6.07, 6.45) is 1.95. The monoisotopic (exact) mass is 170 g/mol. The smallest absolute Gasteiger partial charge is 0.241 e. The molecule has 12 heavy (non-hydrogen) atoms. The molecule has 0 bridgehead atoms. The third-order valence-corrected chi connectivity index (χ3v) is 1.86. The second-order valence-electron chi connectivity index (χ2n) is 3.28. The molecule has 1 rings (SSSR count). The van der Waals surface area contributed by atoms with Gasteiger partial charge in [0.2, 0.25) is 11.8 Å². The van der Waals surface area contributed by atoms with Gasteiger partial charge in [-0.25, -0.2) is 0 Å². The van der Waals surface area contributed by atoms with Crippen molar-refractivity contribution < 1.29 is 9.59 Å². The number of carbonyl (C=O) groups is 2. The molecule has 0 aromatic heterocycles. The normalized spacial score (nSPS) is 15.5. The minimum Gasteiger partial charge on any atom is -0.347 e. The maximum absolute atomic E-state index is 11.1. The van der Waals surface area contributed by atoms with Crippen LogP contribution in [0.1, 0.15) is 12.8 Å². The van der Waals surface area contributed by atoms with Crippen molar-refractivity contribution in [3.05, 3.63) is 0 Å². The highest BCUT2D eigenvalue weighted by atomic mass is 16.2. The van der Waals surface area contributed by atoms with Crippen LogP contribution in [-0.2, 0) is 9.59 Å². The fraction of sp³-hybridized carbons (Fsp3) is 0.750. The van der Waals surface area contributed by atoms with Crippen LogP contribution in [0.2, 0.25) is 0 Å². The molecule has 1 aliphatic carbocycles. The van der Waals surface area contributed by atoms with E-state index in [0.29, 0.717) is 0 Å². The second kappa shape index (κ2) is 3.56. The van der Waals surface area contributed by atoms with Gasteiger partial charge >= 0.3 is 0 Å². The molecule has 0 saturated heterocycles. The van der Waals surface area contributed by atoms with Gasteiger partial charge in [-0.05, 0) is 12.8 Å². The Morgan fingerprint density at radius 1 is 1.42 bits per heavy atom. The van der Waals surface area contributed by atoms with Gasteiger partial charge in [0.25, 0.3) is 0 Å². The summed E-state index contributed by atoms with van der Waals surface area (Å²) in [6.45, 7) is 0.127. The van der Waals surface area contributed by atoms with Gasteiger partial charge < -0.3 is 10.2 Å². The Bertz CT molecular complexity index is 183. The van der Waals surface area contributed by atoms with Crippen LogP contribution in [0.25, 0.3) is 0 Å². The Morgan fingerprint density at radius 2 is 2.00 bits per heavy atom. The molecule has 68 valence electrons. The third kappa shape index (κ3) is 2.53. The summed E-state index contributed by atoms with van der Waals surface area (Å²) in [5.74, 6) is 0.133. The lowest BCUT2D eigenvalue weighted by Gasteiger charge is -2.10. The minimum atomic E-state index is -0.0657. The second-order valence-corrected chi connectivity index (χ2v) is 3.28. The summed E-state index contributed by atoms with van der Waals surface area (Å²) in [6, 6.07) is 0. The van der Waals surface area contributed by atoms with Gasteiger partial charge in [0.15, 0.2) is 0 Å². The molecule has 0 unspecified atom stereocenters. The molecule has 0 atom stereocenters. The van der Waals surface area contributed by atoms with E-state index in [4.69, 9.17) is 0 Å². The number of hydrogen-bond donors (Lipinski definition) is 1. The highest BCUT2D eigenvalue weighted by Gasteiger charge is 2.29. The minimum absolute atomic E-state index is 0.0187. The lowest BCUT2D eigenvalue weighted by molar-refractivity contribution is -0.131. The molecule has 4 heteroatoms. The average molecular weight is 170 g/mol. The number of carbonyl (C=O) groups excluding carboxylic acids is 2. The number of nitrogens with one attached hydrogen (secondary N) is 1. The molecule has 1 aliphatic rings. The van der Waals surface area contributed by atoms with Crippen molar-refractivity contribution in [1.29, 1.82) is 0 Å². The van der Waals surface area contributed by atoms with E-state index in [9.17, 15) is 9.59 Å². The fourth-order valence-corrected chi connectivity index (χ4v) is 0.811. The zero-order chi connectivity index (χ0) is 9.14. The van der Waals surface area contributed by atoms with Gasteiger partial charge in [0.1, 0.15) is 0 Å². The van der Waals surface area contributed by atoms with Crippen LogP contribution in [0.3, 0.4) is 0 Å². The van der Waals surface area contributed by atoms with E-state index < -0.39 is 0 Å². The van der Waals surface area contributed by atoms with Gasteiger partial charge in [-0.1, -0.05) is 0 Å². The molecule has 1 saturated carbocycles.